The van der Waals surface area contributed by atoms with Gasteiger partial charge in [0.25, 0.3) is 5.91 Å². The molecule has 50 heavy (non-hydrogen) atoms. The van der Waals surface area contributed by atoms with Crippen molar-refractivity contribution in [3.63, 3.8) is 0 Å². The van der Waals surface area contributed by atoms with Crippen LogP contribution >= 0.6 is 23.2 Å². The Kier molecular flexibility index (Phi) is 10.1. The highest BCUT2D eigenvalue weighted by Gasteiger charge is 2.31. The lowest BCUT2D eigenvalue weighted by Gasteiger charge is -2.20. The molecule has 3 amide bonds. The highest BCUT2D eigenvalue weighted by atomic mass is 35.5. The van der Waals surface area contributed by atoms with E-state index in [4.69, 9.17) is 32.9 Å². The molecule has 0 spiro atoms. The van der Waals surface area contributed by atoms with Crippen molar-refractivity contribution in [1.29, 1.82) is 0 Å². The van der Waals surface area contributed by atoms with Crippen LogP contribution in [0.4, 0.5) is 5.69 Å². The summed E-state index contributed by atoms with van der Waals surface area (Å²) < 4.78 is 5.64. The molecule has 3 aliphatic rings. The average molecular weight is 714 g/mol. The molecule has 12 heteroatoms. The summed E-state index contributed by atoms with van der Waals surface area (Å²) in [6.07, 6.45) is 2.81. The minimum Gasteiger partial charge on any atom is -0.481 e. The minimum absolute atomic E-state index is 0.0924. The maximum Gasteiger partial charge on any atom is 0.258 e. The summed E-state index contributed by atoms with van der Waals surface area (Å²) in [7, 11) is 1.59. The van der Waals surface area contributed by atoms with Crippen LogP contribution in [0.15, 0.2) is 66.7 Å². The molecule has 3 aromatic carbocycles. The van der Waals surface area contributed by atoms with Gasteiger partial charge in [-0.2, -0.15) is 0 Å². The van der Waals surface area contributed by atoms with E-state index >= 15 is 0 Å². The molecule has 2 fully saturated rings. The third kappa shape index (κ3) is 7.07. The van der Waals surface area contributed by atoms with Crippen molar-refractivity contribution in [3.8, 4) is 28.3 Å². The Morgan fingerprint density at radius 2 is 1.46 bits per heavy atom. The van der Waals surface area contributed by atoms with Crippen molar-refractivity contribution in [2.45, 2.75) is 57.4 Å². The quantitative estimate of drug-likeness (QED) is 0.150. The van der Waals surface area contributed by atoms with Gasteiger partial charge >= 0.3 is 0 Å². The Morgan fingerprint density at radius 1 is 0.800 bits per heavy atom. The van der Waals surface area contributed by atoms with Crippen LogP contribution in [0.25, 0.3) is 22.4 Å². The molecular formula is C38H38Cl2N6O4. The number of aromatic nitrogens is 1. The minimum atomic E-state index is -0.106. The third-order valence-corrected chi connectivity index (χ3v) is 10.3. The number of ether oxygens (including phenoxy) is 1. The summed E-state index contributed by atoms with van der Waals surface area (Å²) in [5, 5.41) is 13.7. The summed E-state index contributed by atoms with van der Waals surface area (Å²) in [5.74, 6) is 0.577. The van der Waals surface area contributed by atoms with Crippen molar-refractivity contribution in [1.82, 2.24) is 26.3 Å². The molecule has 2 atom stereocenters. The number of nitrogens with zero attached hydrogens (tertiary/aromatic N) is 2. The van der Waals surface area contributed by atoms with E-state index in [1.54, 1.807) is 12.0 Å². The van der Waals surface area contributed by atoms with Crippen LogP contribution in [0, 0.1) is 0 Å². The molecule has 4 aromatic rings. The SMILES string of the molecule is COc1nc(-c2cccc(-c3cccc(N4Cc5cc(CNCC6CCC(=O)N6)ccc5C4=O)c3Cl)c2Cl)ccc1CNC[C@@H]1CCC(=O)N1. The Morgan fingerprint density at radius 3 is 2.14 bits per heavy atom. The van der Waals surface area contributed by atoms with Gasteiger partial charge in [-0.25, -0.2) is 4.98 Å². The summed E-state index contributed by atoms with van der Waals surface area (Å²) >= 11 is 14.2. The average Bonchev–Trinajstić information content (AvgIpc) is 3.83. The lowest BCUT2D eigenvalue weighted by Crippen LogP contribution is -2.35. The van der Waals surface area contributed by atoms with Gasteiger partial charge in [0.1, 0.15) is 0 Å². The van der Waals surface area contributed by atoms with Crippen LogP contribution in [0.5, 0.6) is 5.88 Å². The van der Waals surface area contributed by atoms with Gasteiger partial charge in [0.2, 0.25) is 17.7 Å². The van der Waals surface area contributed by atoms with Gasteiger partial charge in [0.15, 0.2) is 0 Å². The number of benzene rings is 3. The van der Waals surface area contributed by atoms with Gasteiger partial charge in [0, 0.05) is 78.9 Å². The molecule has 0 aliphatic carbocycles. The first-order chi connectivity index (χ1) is 24.3. The summed E-state index contributed by atoms with van der Waals surface area (Å²) in [6.45, 7) is 2.95. The molecule has 1 aromatic heterocycles. The lowest BCUT2D eigenvalue weighted by atomic mass is 10.00. The number of methoxy groups -OCH3 is 1. The molecule has 3 aliphatic heterocycles. The second-order valence-electron chi connectivity index (χ2n) is 12.9. The second kappa shape index (κ2) is 14.8. The van der Waals surface area contributed by atoms with Gasteiger partial charge in [-0.1, -0.05) is 71.7 Å². The largest absolute Gasteiger partial charge is 0.481 e. The zero-order valence-electron chi connectivity index (χ0n) is 27.7. The number of hydrogen-bond acceptors (Lipinski definition) is 7. The summed E-state index contributed by atoms with van der Waals surface area (Å²) in [4.78, 5) is 43.1. The molecule has 258 valence electrons. The predicted molar refractivity (Wildman–Crippen MR) is 194 cm³/mol. The monoisotopic (exact) mass is 712 g/mol. The Balaban J connectivity index is 1.07. The van der Waals surface area contributed by atoms with Gasteiger partial charge in [-0.3, -0.25) is 14.4 Å². The van der Waals surface area contributed by atoms with E-state index in [1.165, 1.54) is 0 Å². The number of anilines is 1. The molecule has 10 nitrogen and oxygen atoms in total. The predicted octanol–water partition coefficient (Wildman–Crippen LogP) is 5.63. The Bertz CT molecular complexity index is 1970. The molecule has 4 heterocycles. The molecule has 0 saturated carbocycles. The highest BCUT2D eigenvalue weighted by Crippen LogP contribution is 2.43. The molecule has 0 bridgehead atoms. The number of halogens is 2. The van der Waals surface area contributed by atoms with Crippen molar-refractivity contribution >= 4 is 46.6 Å². The van der Waals surface area contributed by atoms with Gasteiger partial charge in [0.05, 0.1) is 35.1 Å². The topological polar surface area (TPSA) is 125 Å². The van der Waals surface area contributed by atoms with Gasteiger partial charge < -0.3 is 30.9 Å². The molecule has 7 rings (SSSR count). The molecule has 2 saturated heterocycles. The number of nitrogens with one attached hydrogen (secondary N) is 4. The fourth-order valence-corrected chi connectivity index (χ4v) is 7.57. The van der Waals surface area contributed by atoms with Crippen LogP contribution < -0.4 is 30.9 Å². The van der Waals surface area contributed by atoms with E-state index in [1.807, 2.05) is 60.7 Å². The first-order valence-electron chi connectivity index (χ1n) is 16.8. The Hall–Kier alpha value is -4.48. The van der Waals surface area contributed by atoms with Crippen LogP contribution in [0.1, 0.15) is 52.7 Å². The molecule has 0 radical (unpaired) electrons. The van der Waals surface area contributed by atoms with Crippen LogP contribution in [-0.4, -0.2) is 55.0 Å². The lowest BCUT2D eigenvalue weighted by molar-refractivity contribution is -0.120. The van der Waals surface area contributed by atoms with Crippen molar-refractivity contribution in [2.75, 3.05) is 25.1 Å². The zero-order chi connectivity index (χ0) is 34.8. The normalized spacial score (nSPS) is 18.4. The van der Waals surface area contributed by atoms with Crippen LogP contribution in [-0.2, 0) is 29.2 Å². The smallest absolute Gasteiger partial charge is 0.258 e. The van der Waals surface area contributed by atoms with E-state index < -0.39 is 0 Å². The first-order valence-corrected chi connectivity index (χ1v) is 17.6. The molecule has 1 unspecified atom stereocenters. The van der Waals surface area contributed by atoms with Crippen LogP contribution in [0.2, 0.25) is 10.0 Å². The number of carbonyl (C=O) groups excluding carboxylic acids is 3. The van der Waals surface area contributed by atoms with Crippen molar-refractivity contribution in [2.24, 2.45) is 0 Å². The van der Waals surface area contributed by atoms with E-state index in [2.05, 4.69) is 27.3 Å². The second-order valence-corrected chi connectivity index (χ2v) is 13.7. The zero-order valence-corrected chi connectivity index (χ0v) is 29.2. The fraction of sp³-hybridized carbons (Fsp3) is 0.316. The molecule has 4 N–H and O–H groups in total. The maximum absolute atomic E-state index is 13.6. The van der Waals surface area contributed by atoms with E-state index in [-0.39, 0.29) is 29.8 Å². The van der Waals surface area contributed by atoms with E-state index in [0.29, 0.717) is 84.0 Å². The number of pyridine rings is 1. The number of fused-ring (bicyclic) bond motifs is 1. The van der Waals surface area contributed by atoms with Crippen LogP contribution in [0.3, 0.4) is 0 Å². The Labute approximate surface area is 300 Å². The van der Waals surface area contributed by atoms with Crippen molar-refractivity contribution < 1.29 is 19.1 Å². The standard InChI is InChI=1S/C38H38Cl2N6O4/c1-50-37-23(18-42-20-26-11-15-34(48)44-26)9-13-31(45-37)30-6-2-4-28(35(30)39)29-5-3-7-32(36(29)40)46-21-24-16-22(8-12-27(24)38(46)49)17-41-19-25-10-14-33(47)43-25/h2-9,12-13,16,25-26,41-42H,10-11,14-15,17-21H2,1H3,(H,43,47)(H,44,48)/t25?,26-/m0/s1. The third-order valence-electron chi connectivity index (χ3n) is 9.54. The first kappa shape index (κ1) is 34.0. The maximum atomic E-state index is 13.6. The number of carbonyl (C=O) groups is 3. The van der Waals surface area contributed by atoms with E-state index in [9.17, 15) is 14.4 Å². The number of hydrogen-bond donors (Lipinski definition) is 4. The fourth-order valence-electron chi connectivity index (χ4n) is 6.92. The van der Waals surface area contributed by atoms with Crippen molar-refractivity contribution in [3.05, 3.63) is 99.0 Å². The summed E-state index contributed by atoms with van der Waals surface area (Å²) in [5.41, 5.74) is 6.96. The van der Waals surface area contributed by atoms with E-state index in [0.717, 1.165) is 40.7 Å². The summed E-state index contributed by atoms with van der Waals surface area (Å²) in [6, 6.07) is 21.4. The number of amides is 3. The highest BCUT2D eigenvalue weighted by molar-refractivity contribution is 6.39. The molecular weight excluding hydrogens is 675 g/mol. The number of rotatable bonds is 12. The van der Waals surface area contributed by atoms with Gasteiger partial charge in [-0.05, 0) is 42.2 Å². The van der Waals surface area contributed by atoms with Gasteiger partial charge in [-0.15, -0.1) is 0 Å².